The highest BCUT2D eigenvalue weighted by atomic mass is 32.1. The maximum atomic E-state index is 5.24. The van der Waals surface area contributed by atoms with Gasteiger partial charge in [0, 0.05) is 77.1 Å². The number of aromatic nitrogens is 4. The molecular formula is C60H67N9S. The summed E-state index contributed by atoms with van der Waals surface area (Å²) in [5, 5.41) is 17.5. The zero-order valence-corrected chi connectivity index (χ0v) is 42.1. The Balaban J connectivity index is 0.707. The smallest absolute Gasteiger partial charge is 0.188 e. The molecule has 0 radical (unpaired) electrons. The van der Waals surface area contributed by atoms with Gasteiger partial charge in [-0.3, -0.25) is 9.58 Å². The Morgan fingerprint density at radius 1 is 0.886 bits per heavy atom. The van der Waals surface area contributed by atoms with E-state index in [0.717, 1.165) is 135 Å². The number of benzene rings is 4. The van der Waals surface area contributed by atoms with Crippen molar-refractivity contribution in [3.05, 3.63) is 180 Å². The summed E-state index contributed by atoms with van der Waals surface area (Å²) in [7, 11) is 2.03. The fourth-order valence-electron chi connectivity index (χ4n) is 11.1. The average molecular weight is 946 g/mol. The molecule has 0 saturated carbocycles. The van der Waals surface area contributed by atoms with E-state index >= 15 is 0 Å². The molecule has 3 aromatic heterocycles. The highest BCUT2D eigenvalue weighted by molar-refractivity contribution is 7.22. The number of pyridine rings is 1. The van der Waals surface area contributed by atoms with Crippen molar-refractivity contribution in [2.75, 3.05) is 35.2 Å². The predicted octanol–water partition coefficient (Wildman–Crippen LogP) is 13.8. The van der Waals surface area contributed by atoms with E-state index in [1.807, 2.05) is 23.9 Å². The topological polar surface area (TPSA) is 86.2 Å². The monoisotopic (exact) mass is 946 g/mol. The summed E-state index contributed by atoms with van der Waals surface area (Å²) in [5.74, 6) is 1.92. The maximum absolute atomic E-state index is 5.24. The molecule has 6 heterocycles. The number of para-hydroxylation sites is 1. The molecule has 9 nitrogen and oxygen atoms in total. The number of allylic oxidation sites excluding steroid dienone is 2. The number of rotatable bonds is 16. The van der Waals surface area contributed by atoms with E-state index in [4.69, 9.17) is 15.1 Å². The number of likely N-dealkylation sites (tertiary alicyclic amines) is 1. The first-order chi connectivity index (χ1) is 34.0. The first kappa shape index (κ1) is 47.0. The molecule has 2 fully saturated rings. The van der Waals surface area contributed by atoms with Gasteiger partial charge in [-0.15, -0.1) is 0 Å². The van der Waals surface area contributed by atoms with Gasteiger partial charge in [-0.05, 0) is 154 Å². The molecule has 4 aromatic carbocycles. The molecule has 358 valence electrons. The van der Waals surface area contributed by atoms with Gasteiger partial charge in [0.25, 0.3) is 0 Å². The number of piperidine rings is 2. The quantitative estimate of drug-likeness (QED) is 0.0826. The van der Waals surface area contributed by atoms with Crippen molar-refractivity contribution in [3.63, 3.8) is 0 Å². The largest absolute Gasteiger partial charge is 0.363 e. The van der Waals surface area contributed by atoms with E-state index in [1.165, 1.54) is 65.3 Å². The second kappa shape index (κ2) is 20.3. The molecule has 0 spiro atoms. The van der Waals surface area contributed by atoms with Crippen LogP contribution in [0.4, 0.5) is 16.6 Å². The van der Waals surface area contributed by atoms with Gasteiger partial charge in [0.15, 0.2) is 5.13 Å². The Morgan fingerprint density at radius 3 is 2.53 bits per heavy atom. The van der Waals surface area contributed by atoms with Crippen LogP contribution >= 0.6 is 11.3 Å². The third kappa shape index (κ3) is 9.72. The highest BCUT2D eigenvalue weighted by Crippen LogP contribution is 2.38. The molecule has 70 heavy (non-hydrogen) atoms. The summed E-state index contributed by atoms with van der Waals surface area (Å²) in [5.41, 5.74) is 18.0. The summed E-state index contributed by atoms with van der Waals surface area (Å²) >= 11 is 1.65. The SMILES string of the molecule is C=Cc1nc(N2CCc3cccc(C(=C)Nc4nc5ccccc5s4)c3C2)ccc1-c1cccc(CCCCC2CCN(C(C)C(=C)Nc3ccc4c(C5CCC(=C)NC5=C)nn(C)c4c3)CC2)c1C. The third-order valence-corrected chi connectivity index (χ3v) is 16.3. The summed E-state index contributed by atoms with van der Waals surface area (Å²) < 4.78 is 3.15. The van der Waals surface area contributed by atoms with Crippen LogP contribution in [0.5, 0.6) is 0 Å². The number of anilines is 3. The number of fused-ring (bicyclic) bond motifs is 3. The van der Waals surface area contributed by atoms with Gasteiger partial charge in [-0.25, -0.2) is 9.97 Å². The van der Waals surface area contributed by atoms with Crippen LogP contribution in [-0.2, 0) is 26.4 Å². The van der Waals surface area contributed by atoms with E-state index in [2.05, 4.69) is 157 Å². The van der Waals surface area contributed by atoms with Crippen LogP contribution in [0.1, 0.15) is 97.0 Å². The molecule has 2 saturated heterocycles. The van der Waals surface area contributed by atoms with Crippen LogP contribution in [0.2, 0.25) is 0 Å². The lowest BCUT2D eigenvalue weighted by atomic mass is 9.89. The normalized spacial score (nSPS) is 17.1. The molecule has 2 unspecified atom stereocenters. The van der Waals surface area contributed by atoms with Crippen molar-refractivity contribution in [1.82, 2.24) is 30.0 Å². The molecule has 3 N–H and O–H groups in total. The molecule has 0 aliphatic carbocycles. The Kier molecular flexibility index (Phi) is 13.6. The lowest BCUT2D eigenvalue weighted by Gasteiger charge is -2.37. The van der Waals surface area contributed by atoms with Crippen LogP contribution in [0.15, 0.2) is 141 Å². The number of unbranched alkanes of at least 4 members (excludes halogenated alkanes) is 1. The minimum Gasteiger partial charge on any atom is -0.363 e. The van der Waals surface area contributed by atoms with Crippen molar-refractivity contribution >= 4 is 60.9 Å². The van der Waals surface area contributed by atoms with Crippen LogP contribution in [0, 0.1) is 12.8 Å². The van der Waals surface area contributed by atoms with Crippen LogP contribution < -0.4 is 20.9 Å². The number of hydrogen-bond donors (Lipinski definition) is 3. The van der Waals surface area contributed by atoms with E-state index in [9.17, 15) is 0 Å². The first-order valence-corrected chi connectivity index (χ1v) is 26.0. The Morgan fingerprint density at radius 2 is 1.71 bits per heavy atom. The van der Waals surface area contributed by atoms with Gasteiger partial charge in [0.05, 0.1) is 27.1 Å². The van der Waals surface area contributed by atoms with E-state index in [-0.39, 0.29) is 12.0 Å². The van der Waals surface area contributed by atoms with Crippen molar-refractivity contribution in [3.8, 4) is 11.1 Å². The van der Waals surface area contributed by atoms with Crippen molar-refractivity contribution in [1.29, 1.82) is 0 Å². The first-order valence-electron chi connectivity index (χ1n) is 25.2. The van der Waals surface area contributed by atoms with Gasteiger partial charge in [-0.1, -0.05) is 106 Å². The van der Waals surface area contributed by atoms with E-state index in [0.29, 0.717) is 0 Å². The van der Waals surface area contributed by atoms with E-state index < -0.39 is 0 Å². The maximum Gasteiger partial charge on any atom is 0.188 e. The van der Waals surface area contributed by atoms with Crippen LogP contribution in [0.25, 0.3) is 44.0 Å². The number of aryl methyl sites for hydroxylation is 2. The second-order valence-electron chi connectivity index (χ2n) is 19.7. The van der Waals surface area contributed by atoms with Gasteiger partial charge >= 0.3 is 0 Å². The zero-order valence-electron chi connectivity index (χ0n) is 41.3. The molecular weight excluding hydrogens is 879 g/mol. The third-order valence-electron chi connectivity index (χ3n) is 15.3. The average Bonchev–Trinajstić information content (AvgIpc) is 3.94. The Labute approximate surface area is 418 Å². The van der Waals surface area contributed by atoms with E-state index in [1.54, 1.807) is 11.3 Å². The molecule has 3 aliphatic heterocycles. The fourth-order valence-corrected chi connectivity index (χ4v) is 12.0. The molecule has 10 rings (SSSR count). The lowest BCUT2D eigenvalue weighted by Crippen LogP contribution is -2.41. The standard InChI is InChI=1S/C60H67N9S/c1-9-54-51(28-29-58(64-54)69-35-32-46-19-15-21-49(53(46)37-69)41(5)63-60-65-55-22-12-13-23-57(55)70-60)48-20-14-18-45(39(48)3)17-11-10-16-44-30-33-68(34-31-44)43(7)40(4)62-47-25-27-52-56(36-47)67(8)66-59(52)50-26-24-38(2)61-42(50)6/h9,12-15,18-23,25,27-29,36,43-44,50,61-62H,1-2,4-6,10-11,16-17,24,26,30-35,37H2,3,7-8H3,(H,63,65). The van der Waals surface area contributed by atoms with Gasteiger partial charge < -0.3 is 20.9 Å². The Bertz CT molecular complexity index is 3110. The second-order valence-corrected chi connectivity index (χ2v) is 20.8. The molecule has 0 bridgehead atoms. The van der Waals surface area contributed by atoms with Gasteiger partial charge in [0.1, 0.15) is 5.82 Å². The molecule has 2 atom stereocenters. The minimum absolute atomic E-state index is 0.182. The fraction of sp³-hybridized carbons (Fsp3) is 0.317. The van der Waals surface area contributed by atoms with Gasteiger partial charge in [0.2, 0.25) is 0 Å². The van der Waals surface area contributed by atoms with Crippen molar-refractivity contribution in [2.45, 2.75) is 90.1 Å². The van der Waals surface area contributed by atoms with Crippen LogP contribution in [-0.4, -0.2) is 50.3 Å². The molecule has 3 aliphatic rings. The summed E-state index contributed by atoms with van der Waals surface area (Å²) in [6, 6.07) is 32.8. The summed E-state index contributed by atoms with van der Waals surface area (Å²) in [6.07, 6.45) is 12.1. The zero-order chi connectivity index (χ0) is 48.5. The lowest BCUT2D eigenvalue weighted by molar-refractivity contribution is 0.152. The molecule has 0 amide bonds. The number of hydrogen-bond acceptors (Lipinski definition) is 9. The number of nitrogens with one attached hydrogen (secondary N) is 3. The molecule has 10 heteroatoms. The molecule has 7 aromatic rings. The summed E-state index contributed by atoms with van der Waals surface area (Å²) in [6.45, 7) is 30.0. The number of thiazole rings is 1. The Hall–Kier alpha value is -6.75. The predicted molar refractivity (Wildman–Crippen MR) is 296 cm³/mol. The van der Waals surface area contributed by atoms with Gasteiger partial charge in [-0.2, -0.15) is 5.10 Å². The van der Waals surface area contributed by atoms with Crippen molar-refractivity contribution in [2.24, 2.45) is 13.0 Å². The summed E-state index contributed by atoms with van der Waals surface area (Å²) in [4.78, 5) is 15.0. The minimum atomic E-state index is 0.182. The number of nitrogens with zero attached hydrogens (tertiary/aromatic N) is 6. The van der Waals surface area contributed by atoms with Crippen LogP contribution in [0.3, 0.4) is 0 Å². The highest BCUT2D eigenvalue weighted by Gasteiger charge is 2.28. The van der Waals surface area contributed by atoms with Crippen molar-refractivity contribution < 1.29 is 0 Å².